The van der Waals surface area contributed by atoms with Crippen LogP contribution in [0.2, 0.25) is 0 Å². The first kappa shape index (κ1) is 14.3. The Morgan fingerprint density at radius 2 is 1.91 bits per heavy atom. The fraction of sp³-hybridized carbons (Fsp3) is 0.176. The minimum Gasteiger partial charge on any atom is -0.368 e. The van der Waals surface area contributed by atoms with Crippen LogP contribution in [-0.4, -0.2) is 29.3 Å². The Balaban J connectivity index is 1.98. The molecule has 1 saturated heterocycles. The molecule has 0 bridgehead atoms. The van der Waals surface area contributed by atoms with Gasteiger partial charge in [-0.1, -0.05) is 30.3 Å². The van der Waals surface area contributed by atoms with Gasteiger partial charge >= 0.3 is 0 Å². The zero-order chi connectivity index (χ0) is 15.7. The fourth-order valence-electron chi connectivity index (χ4n) is 2.66. The number of benzene rings is 2. The second-order valence-corrected chi connectivity index (χ2v) is 5.26. The quantitative estimate of drug-likeness (QED) is 0.944. The average molecular weight is 298 g/mol. The highest BCUT2D eigenvalue weighted by atomic mass is 19.1. The monoisotopic (exact) mass is 298 g/mol. The molecule has 1 unspecified atom stereocenters. The van der Waals surface area contributed by atoms with Gasteiger partial charge in [0.05, 0.1) is 0 Å². The number of hydrogen-bond acceptors (Lipinski definition) is 2. The predicted octanol–water partition coefficient (Wildman–Crippen LogP) is 2.19. The van der Waals surface area contributed by atoms with E-state index in [2.05, 4.69) is 0 Å². The van der Waals surface area contributed by atoms with E-state index in [9.17, 15) is 14.0 Å². The summed E-state index contributed by atoms with van der Waals surface area (Å²) in [6, 6.07) is 12.5. The predicted molar refractivity (Wildman–Crippen MR) is 80.5 cm³/mol. The number of halogens is 1. The van der Waals surface area contributed by atoms with Gasteiger partial charge in [0.1, 0.15) is 11.9 Å². The van der Waals surface area contributed by atoms with Crippen molar-refractivity contribution in [1.29, 1.82) is 0 Å². The van der Waals surface area contributed by atoms with Gasteiger partial charge in [-0.3, -0.25) is 9.59 Å². The van der Waals surface area contributed by atoms with Gasteiger partial charge < -0.3 is 10.6 Å². The van der Waals surface area contributed by atoms with Gasteiger partial charge in [-0.05, 0) is 35.7 Å². The van der Waals surface area contributed by atoms with Crippen molar-refractivity contribution in [2.45, 2.75) is 12.5 Å². The molecule has 0 aromatic heterocycles. The summed E-state index contributed by atoms with van der Waals surface area (Å²) in [4.78, 5) is 25.4. The van der Waals surface area contributed by atoms with Crippen LogP contribution in [-0.2, 0) is 4.79 Å². The maximum Gasteiger partial charge on any atom is 0.255 e. The first-order valence-corrected chi connectivity index (χ1v) is 7.03. The molecule has 0 radical (unpaired) electrons. The van der Waals surface area contributed by atoms with Gasteiger partial charge in [0, 0.05) is 12.1 Å². The van der Waals surface area contributed by atoms with Gasteiger partial charge in [-0.2, -0.15) is 0 Å². The molecule has 5 heteroatoms. The summed E-state index contributed by atoms with van der Waals surface area (Å²) in [5, 5.41) is 0. The normalized spacial score (nSPS) is 17.0. The maximum atomic E-state index is 13.4. The molecule has 2 aromatic rings. The maximum absolute atomic E-state index is 13.4. The molecule has 0 saturated carbocycles. The number of rotatable bonds is 3. The number of nitrogens with two attached hydrogens (primary N) is 1. The van der Waals surface area contributed by atoms with Crippen molar-refractivity contribution < 1.29 is 14.0 Å². The molecule has 0 spiro atoms. The van der Waals surface area contributed by atoms with E-state index in [-0.39, 0.29) is 11.7 Å². The molecule has 1 aliphatic heterocycles. The molecule has 2 amide bonds. The highest BCUT2D eigenvalue weighted by Gasteiger charge is 2.37. The molecule has 22 heavy (non-hydrogen) atoms. The van der Waals surface area contributed by atoms with E-state index >= 15 is 0 Å². The largest absolute Gasteiger partial charge is 0.368 e. The number of hydrogen-bond donors (Lipinski definition) is 1. The molecule has 3 rings (SSSR count). The second-order valence-electron chi connectivity index (χ2n) is 5.26. The van der Waals surface area contributed by atoms with Crippen molar-refractivity contribution in [1.82, 2.24) is 4.90 Å². The Morgan fingerprint density at radius 1 is 1.14 bits per heavy atom. The Bertz CT molecular complexity index is 745. The molecule has 2 aromatic carbocycles. The van der Waals surface area contributed by atoms with E-state index in [1.165, 1.54) is 17.0 Å². The topological polar surface area (TPSA) is 63.4 Å². The fourth-order valence-corrected chi connectivity index (χ4v) is 2.66. The van der Waals surface area contributed by atoms with E-state index in [0.29, 0.717) is 29.7 Å². The first-order chi connectivity index (χ1) is 10.6. The van der Waals surface area contributed by atoms with Crippen LogP contribution in [0, 0.1) is 5.82 Å². The van der Waals surface area contributed by atoms with Gasteiger partial charge in [0.15, 0.2) is 0 Å². The minimum atomic E-state index is -0.548. The lowest BCUT2D eigenvalue weighted by Crippen LogP contribution is -2.57. The van der Waals surface area contributed by atoms with Gasteiger partial charge in [0.25, 0.3) is 5.91 Å². The summed E-state index contributed by atoms with van der Waals surface area (Å²) in [7, 11) is 0. The lowest BCUT2D eigenvalue weighted by molar-refractivity contribution is -0.125. The van der Waals surface area contributed by atoms with E-state index in [1.54, 1.807) is 36.4 Å². The van der Waals surface area contributed by atoms with Crippen LogP contribution in [0.4, 0.5) is 4.39 Å². The Kier molecular flexibility index (Phi) is 3.63. The number of carbonyl (C=O) groups excluding carboxylic acids is 2. The van der Waals surface area contributed by atoms with Crippen molar-refractivity contribution in [2.24, 2.45) is 5.73 Å². The minimum absolute atomic E-state index is 0.255. The molecular formula is C17H15FN2O2. The second kappa shape index (κ2) is 5.60. The highest BCUT2D eigenvalue weighted by molar-refractivity contribution is 6.03. The van der Waals surface area contributed by atoms with Crippen molar-refractivity contribution >= 4 is 11.8 Å². The van der Waals surface area contributed by atoms with Crippen LogP contribution in [0.1, 0.15) is 16.8 Å². The summed E-state index contributed by atoms with van der Waals surface area (Å²) >= 11 is 0. The zero-order valence-electron chi connectivity index (χ0n) is 11.8. The van der Waals surface area contributed by atoms with E-state index < -0.39 is 11.9 Å². The molecule has 112 valence electrons. The summed E-state index contributed by atoms with van der Waals surface area (Å²) in [6.45, 7) is 0.504. The molecule has 1 fully saturated rings. The van der Waals surface area contributed by atoms with Crippen molar-refractivity contribution in [2.75, 3.05) is 6.54 Å². The van der Waals surface area contributed by atoms with E-state index in [4.69, 9.17) is 5.73 Å². The molecular weight excluding hydrogens is 283 g/mol. The third kappa shape index (κ3) is 2.45. The molecule has 1 atom stereocenters. The Labute approximate surface area is 127 Å². The summed E-state index contributed by atoms with van der Waals surface area (Å²) in [5.74, 6) is -1.11. The number of amides is 2. The molecule has 1 heterocycles. The van der Waals surface area contributed by atoms with Crippen LogP contribution in [0.5, 0.6) is 0 Å². The summed E-state index contributed by atoms with van der Waals surface area (Å²) in [5.41, 5.74) is 7.00. The van der Waals surface area contributed by atoms with Crippen LogP contribution in [0.3, 0.4) is 0 Å². The van der Waals surface area contributed by atoms with Gasteiger partial charge in [0.2, 0.25) is 5.91 Å². The van der Waals surface area contributed by atoms with E-state index in [1.807, 2.05) is 0 Å². The molecule has 4 nitrogen and oxygen atoms in total. The Morgan fingerprint density at radius 3 is 2.55 bits per heavy atom. The average Bonchev–Trinajstić information content (AvgIpc) is 2.45. The summed E-state index contributed by atoms with van der Waals surface area (Å²) in [6.07, 6.45) is 0.587. The van der Waals surface area contributed by atoms with Gasteiger partial charge in [-0.15, -0.1) is 0 Å². The summed E-state index contributed by atoms with van der Waals surface area (Å²) < 4.78 is 13.4. The lowest BCUT2D eigenvalue weighted by atomic mass is 9.95. The van der Waals surface area contributed by atoms with Crippen molar-refractivity contribution in [3.05, 3.63) is 59.9 Å². The van der Waals surface area contributed by atoms with Crippen LogP contribution in [0.25, 0.3) is 11.1 Å². The molecule has 0 aliphatic carbocycles. The number of likely N-dealkylation sites (tertiary alicyclic amines) is 1. The van der Waals surface area contributed by atoms with Crippen LogP contribution < -0.4 is 5.73 Å². The standard InChI is InChI=1S/C17H15FN2O2/c18-12-5-3-4-11(10-12)13-6-1-2-7-14(13)17(22)20-9-8-15(20)16(19)21/h1-7,10,15H,8-9H2,(H2,19,21). The number of primary amides is 1. The van der Waals surface area contributed by atoms with Crippen molar-refractivity contribution in [3.8, 4) is 11.1 Å². The van der Waals surface area contributed by atoms with Crippen molar-refractivity contribution in [3.63, 3.8) is 0 Å². The lowest BCUT2D eigenvalue weighted by Gasteiger charge is -2.39. The first-order valence-electron chi connectivity index (χ1n) is 7.03. The molecule has 2 N–H and O–H groups in total. The smallest absolute Gasteiger partial charge is 0.255 e. The highest BCUT2D eigenvalue weighted by Crippen LogP contribution is 2.28. The SMILES string of the molecule is NC(=O)C1CCN1C(=O)c1ccccc1-c1cccc(F)c1. The van der Waals surface area contributed by atoms with Crippen LogP contribution in [0.15, 0.2) is 48.5 Å². The Hall–Kier alpha value is -2.69. The number of carbonyl (C=O) groups is 2. The van der Waals surface area contributed by atoms with Crippen LogP contribution >= 0.6 is 0 Å². The third-order valence-corrected chi connectivity index (χ3v) is 3.90. The molecule has 1 aliphatic rings. The number of nitrogens with zero attached hydrogens (tertiary/aromatic N) is 1. The third-order valence-electron chi connectivity index (χ3n) is 3.90. The van der Waals surface area contributed by atoms with Gasteiger partial charge in [-0.25, -0.2) is 4.39 Å². The zero-order valence-corrected chi connectivity index (χ0v) is 11.8. The van der Waals surface area contributed by atoms with E-state index in [0.717, 1.165) is 0 Å².